The van der Waals surface area contributed by atoms with Crippen LogP contribution in [0.5, 0.6) is 0 Å². The summed E-state index contributed by atoms with van der Waals surface area (Å²) < 4.78 is 1.06. The van der Waals surface area contributed by atoms with Crippen molar-refractivity contribution < 1.29 is 0 Å². The predicted molar refractivity (Wildman–Crippen MR) is 132 cm³/mol. The molecule has 0 amide bonds. The minimum atomic E-state index is 0.736. The van der Waals surface area contributed by atoms with Gasteiger partial charge in [-0.2, -0.15) is 0 Å². The van der Waals surface area contributed by atoms with Crippen LogP contribution >= 0.6 is 15.9 Å². The molecule has 0 atom stereocenters. The van der Waals surface area contributed by atoms with E-state index >= 15 is 0 Å². The number of piperidine rings is 1. The van der Waals surface area contributed by atoms with Gasteiger partial charge in [0, 0.05) is 28.5 Å². The molecular formula is C27H26BrN3. The van der Waals surface area contributed by atoms with Crippen molar-refractivity contribution in [1.29, 1.82) is 0 Å². The van der Waals surface area contributed by atoms with Crippen LogP contribution in [0.25, 0.3) is 22.3 Å². The van der Waals surface area contributed by atoms with Crippen LogP contribution in [0.1, 0.15) is 24.0 Å². The molecule has 156 valence electrons. The average Bonchev–Trinajstić information content (AvgIpc) is 2.80. The number of fused-ring (bicyclic) bond motifs is 1. The first-order chi connectivity index (χ1) is 15.2. The van der Waals surface area contributed by atoms with E-state index in [1.807, 2.05) is 12.1 Å². The van der Waals surface area contributed by atoms with Gasteiger partial charge in [-0.05, 0) is 61.9 Å². The lowest BCUT2D eigenvalue weighted by molar-refractivity contribution is 0.403. The highest BCUT2D eigenvalue weighted by Gasteiger charge is 2.23. The molecule has 1 fully saturated rings. The van der Waals surface area contributed by atoms with E-state index in [0.29, 0.717) is 0 Å². The summed E-state index contributed by atoms with van der Waals surface area (Å²) in [7, 11) is 0. The lowest BCUT2D eigenvalue weighted by atomic mass is 9.90. The maximum atomic E-state index is 5.07. The van der Waals surface area contributed by atoms with Gasteiger partial charge in [0.05, 0.1) is 5.52 Å². The standard InChI is InChI=1S/C27H26BrN3/c1-19-7-12-25-24(17-19)27(30-26(29-25)22-8-10-23(28)11-9-22)31-15-13-21(14-16-31)18-20-5-3-2-4-6-20/h2-12,17,21H,13-16,18H2,1H3. The van der Waals surface area contributed by atoms with Crippen molar-refractivity contribution in [3.05, 3.63) is 88.4 Å². The summed E-state index contributed by atoms with van der Waals surface area (Å²) in [6.45, 7) is 4.21. The average molecular weight is 472 g/mol. The normalized spacial score (nSPS) is 14.8. The van der Waals surface area contributed by atoms with Crippen molar-refractivity contribution in [2.24, 2.45) is 5.92 Å². The second-order valence-corrected chi connectivity index (χ2v) is 9.43. The third kappa shape index (κ3) is 4.49. The largest absolute Gasteiger partial charge is 0.356 e. The Morgan fingerprint density at radius 3 is 2.39 bits per heavy atom. The van der Waals surface area contributed by atoms with Gasteiger partial charge in [-0.15, -0.1) is 0 Å². The zero-order valence-electron chi connectivity index (χ0n) is 17.8. The van der Waals surface area contributed by atoms with E-state index in [1.165, 1.54) is 30.4 Å². The Bertz CT molecular complexity index is 1180. The summed E-state index contributed by atoms with van der Waals surface area (Å²) in [6.07, 6.45) is 3.56. The van der Waals surface area contributed by atoms with Crippen LogP contribution < -0.4 is 4.90 Å². The Labute approximate surface area is 192 Å². The van der Waals surface area contributed by atoms with Crippen molar-refractivity contribution >= 4 is 32.7 Å². The molecule has 1 saturated heterocycles. The molecule has 0 N–H and O–H groups in total. The van der Waals surface area contributed by atoms with Crippen LogP contribution in [0.3, 0.4) is 0 Å². The maximum Gasteiger partial charge on any atom is 0.162 e. The molecule has 1 aliphatic rings. The van der Waals surface area contributed by atoms with E-state index in [2.05, 4.69) is 88.4 Å². The van der Waals surface area contributed by atoms with E-state index < -0.39 is 0 Å². The molecule has 0 saturated carbocycles. The second-order valence-electron chi connectivity index (χ2n) is 8.52. The van der Waals surface area contributed by atoms with Crippen molar-refractivity contribution in [1.82, 2.24) is 9.97 Å². The van der Waals surface area contributed by atoms with Gasteiger partial charge in [0.25, 0.3) is 0 Å². The SMILES string of the molecule is Cc1ccc2nc(-c3ccc(Br)cc3)nc(N3CCC(Cc4ccccc4)CC3)c2c1. The fraction of sp³-hybridized carbons (Fsp3) is 0.259. The molecule has 1 aliphatic heterocycles. The number of anilines is 1. The van der Waals surface area contributed by atoms with Gasteiger partial charge in [0.2, 0.25) is 0 Å². The molecular weight excluding hydrogens is 446 g/mol. The molecule has 0 spiro atoms. The van der Waals surface area contributed by atoms with Crippen molar-refractivity contribution in [2.45, 2.75) is 26.2 Å². The Hall–Kier alpha value is -2.72. The first kappa shape index (κ1) is 20.2. The van der Waals surface area contributed by atoms with Crippen molar-refractivity contribution in [3.8, 4) is 11.4 Å². The van der Waals surface area contributed by atoms with Gasteiger partial charge in [-0.3, -0.25) is 0 Å². The van der Waals surface area contributed by atoms with Crippen LogP contribution in [-0.2, 0) is 6.42 Å². The zero-order valence-corrected chi connectivity index (χ0v) is 19.3. The highest BCUT2D eigenvalue weighted by Crippen LogP contribution is 2.32. The third-order valence-electron chi connectivity index (χ3n) is 6.21. The van der Waals surface area contributed by atoms with Crippen LogP contribution in [-0.4, -0.2) is 23.1 Å². The monoisotopic (exact) mass is 471 g/mol. The van der Waals surface area contributed by atoms with Gasteiger partial charge in [-0.1, -0.05) is 70.0 Å². The fourth-order valence-electron chi connectivity index (χ4n) is 4.49. The van der Waals surface area contributed by atoms with Crippen molar-refractivity contribution in [3.63, 3.8) is 0 Å². The van der Waals surface area contributed by atoms with Gasteiger partial charge >= 0.3 is 0 Å². The van der Waals surface area contributed by atoms with Crippen LogP contribution in [0, 0.1) is 12.8 Å². The molecule has 2 heterocycles. The molecule has 0 aliphatic carbocycles. The molecule has 1 aromatic heterocycles. The smallest absolute Gasteiger partial charge is 0.162 e. The first-order valence-corrected chi connectivity index (χ1v) is 11.8. The predicted octanol–water partition coefficient (Wildman–Crippen LogP) is 6.83. The summed E-state index contributed by atoms with van der Waals surface area (Å²) in [4.78, 5) is 12.4. The third-order valence-corrected chi connectivity index (χ3v) is 6.74. The van der Waals surface area contributed by atoms with Gasteiger partial charge in [-0.25, -0.2) is 9.97 Å². The van der Waals surface area contributed by atoms with E-state index in [9.17, 15) is 0 Å². The van der Waals surface area contributed by atoms with E-state index in [-0.39, 0.29) is 0 Å². The maximum absolute atomic E-state index is 5.07. The number of aromatic nitrogens is 2. The molecule has 0 bridgehead atoms. The Morgan fingerprint density at radius 1 is 0.903 bits per heavy atom. The van der Waals surface area contributed by atoms with E-state index in [0.717, 1.165) is 51.6 Å². The molecule has 4 heteroatoms. The molecule has 5 rings (SSSR count). The van der Waals surface area contributed by atoms with Gasteiger partial charge in [0.1, 0.15) is 5.82 Å². The van der Waals surface area contributed by atoms with Crippen LogP contribution in [0.4, 0.5) is 5.82 Å². The number of aryl methyl sites for hydroxylation is 1. The van der Waals surface area contributed by atoms with Gasteiger partial charge < -0.3 is 4.90 Å². The second kappa shape index (κ2) is 8.80. The Morgan fingerprint density at radius 2 is 1.65 bits per heavy atom. The number of rotatable bonds is 4. The fourth-order valence-corrected chi connectivity index (χ4v) is 4.76. The lowest BCUT2D eigenvalue weighted by Crippen LogP contribution is -2.35. The Balaban J connectivity index is 1.44. The lowest BCUT2D eigenvalue weighted by Gasteiger charge is -2.33. The quantitative estimate of drug-likeness (QED) is 0.326. The minimum Gasteiger partial charge on any atom is -0.356 e. The zero-order chi connectivity index (χ0) is 21.2. The molecule has 0 radical (unpaired) electrons. The summed E-state index contributed by atoms with van der Waals surface area (Å²) in [5, 5.41) is 1.15. The van der Waals surface area contributed by atoms with Crippen LogP contribution in [0.15, 0.2) is 77.3 Å². The molecule has 3 nitrogen and oxygen atoms in total. The first-order valence-electron chi connectivity index (χ1n) is 11.0. The summed E-state index contributed by atoms with van der Waals surface area (Å²) in [5.41, 5.74) is 4.75. The number of hydrogen-bond acceptors (Lipinski definition) is 3. The highest BCUT2D eigenvalue weighted by atomic mass is 79.9. The number of benzene rings is 3. The number of nitrogens with zero attached hydrogens (tertiary/aromatic N) is 3. The summed E-state index contributed by atoms with van der Waals surface area (Å²) >= 11 is 3.52. The van der Waals surface area contributed by atoms with Crippen LogP contribution in [0.2, 0.25) is 0 Å². The Kier molecular flexibility index (Phi) is 5.73. The summed E-state index contributed by atoms with van der Waals surface area (Å²) in [6, 6.07) is 25.6. The van der Waals surface area contributed by atoms with E-state index in [1.54, 1.807) is 0 Å². The molecule has 0 unspecified atom stereocenters. The van der Waals surface area contributed by atoms with Crippen molar-refractivity contribution in [2.75, 3.05) is 18.0 Å². The van der Waals surface area contributed by atoms with Gasteiger partial charge in [0.15, 0.2) is 5.82 Å². The topological polar surface area (TPSA) is 29.0 Å². The highest BCUT2D eigenvalue weighted by molar-refractivity contribution is 9.10. The van der Waals surface area contributed by atoms with E-state index in [4.69, 9.17) is 9.97 Å². The molecule has 3 aromatic carbocycles. The minimum absolute atomic E-state index is 0.736. The number of hydrogen-bond donors (Lipinski definition) is 0. The summed E-state index contributed by atoms with van der Waals surface area (Å²) in [5.74, 6) is 2.61. The molecule has 4 aromatic rings. The molecule has 31 heavy (non-hydrogen) atoms. The number of halogens is 1.